The number of aryl methyl sites for hydroxylation is 1. The summed E-state index contributed by atoms with van der Waals surface area (Å²) >= 11 is 6.00. The van der Waals surface area contributed by atoms with E-state index in [2.05, 4.69) is 20.6 Å². The molecule has 1 aromatic heterocycles. The molecule has 1 heterocycles. The molecule has 0 bridgehead atoms. The summed E-state index contributed by atoms with van der Waals surface area (Å²) in [6.07, 6.45) is 1.28. The number of anilines is 3. The Balaban J connectivity index is 1.79. The maximum atomic E-state index is 13.2. The zero-order chi connectivity index (χ0) is 17.8. The Labute approximate surface area is 148 Å². The van der Waals surface area contributed by atoms with Gasteiger partial charge >= 0.3 is 0 Å². The number of amides is 1. The van der Waals surface area contributed by atoms with Gasteiger partial charge in [-0.25, -0.2) is 14.4 Å². The molecule has 25 heavy (non-hydrogen) atoms. The van der Waals surface area contributed by atoms with E-state index in [0.717, 1.165) is 11.3 Å². The molecule has 126 valence electrons. The molecule has 2 N–H and O–H groups in total. The van der Waals surface area contributed by atoms with Crippen LogP contribution in [0.5, 0.6) is 0 Å². The van der Waals surface area contributed by atoms with Crippen molar-refractivity contribution in [1.82, 2.24) is 9.97 Å². The average molecular weight is 357 g/mol. The first-order valence-electron chi connectivity index (χ1n) is 7.43. The number of hydrogen-bond donors (Lipinski definition) is 2. The van der Waals surface area contributed by atoms with Crippen LogP contribution in [0.15, 0.2) is 54.9 Å². The second-order valence-corrected chi connectivity index (χ2v) is 5.77. The zero-order valence-corrected chi connectivity index (χ0v) is 14.0. The van der Waals surface area contributed by atoms with E-state index in [1.807, 2.05) is 13.0 Å². The minimum absolute atomic E-state index is 0.154. The summed E-state index contributed by atoms with van der Waals surface area (Å²) in [6, 6.07) is 12.6. The van der Waals surface area contributed by atoms with E-state index in [0.29, 0.717) is 16.5 Å². The van der Waals surface area contributed by atoms with Gasteiger partial charge in [-0.2, -0.15) is 0 Å². The van der Waals surface area contributed by atoms with Gasteiger partial charge in [-0.05, 0) is 42.8 Å². The van der Waals surface area contributed by atoms with E-state index in [1.54, 1.807) is 18.2 Å². The van der Waals surface area contributed by atoms with Crippen LogP contribution in [0.1, 0.15) is 16.1 Å². The highest BCUT2D eigenvalue weighted by Gasteiger charge is 2.10. The maximum Gasteiger partial charge on any atom is 0.274 e. The molecular weight excluding hydrogens is 343 g/mol. The molecule has 0 spiro atoms. The number of aromatic nitrogens is 2. The van der Waals surface area contributed by atoms with Gasteiger partial charge in [-0.1, -0.05) is 23.7 Å². The van der Waals surface area contributed by atoms with Crippen LogP contribution in [0, 0.1) is 12.7 Å². The zero-order valence-electron chi connectivity index (χ0n) is 13.3. The van der Waals surface area contributed by atoms with Gasteiger partial charge in [0.1, 0.15) is 23.7 Å². The molecule has 0 aliphatic rings. The summed E-state index contributed by atoms with van der Waals surface area (Å²) in [7, 11) is 0. The molecule has 0 unspecified atom stereocenters. The van der Waals surface area contributed by atoms with Gasteiger partial charge in [0.15, 0.2) is 0 Å². The van der Waals surface area contributed by atoms with Crippen LogP contribution < -0.4 is 10.6 Å². The fraction of sp³-hybridized carbons (Fsp3) is 0.0556. The van der Waals surface area contributed by atoms with E-state index in [4.69, 9.17) is 11.6 Å². The number of nitrogens with one attached hydrogen (secondary N) is 2. The normalized spacial score (nSPS) is 10.4. The molecule has 0 fully saturated rings. The molecule has 0 saturated heterocycles. The molecule has 3 aromatic rings. The average Bonchev–Trinajstić information content (AvgIpc) is 2.58. The number of hydrogen-bond acceptors (Lipinski definition) is 4. The lowest BCUT2D eigenvalue weighted by atomic mass is 10.2. The van der Waals surface area contributed by atoms with Crippen LogP contribution in [-0.4, -0.2) is 15.9 Å². The molecule has 0 radical (unpaired) electrons. The Morgan fingerprint density at radius 1 is 1.12 bits per heavy atom. The van der Waals surface area contributed by atoms with E-state index >= 15 is 0 Å². The number of rotatable bonds is 4. The summed E-state index contributed by atoms with van der Waals surface area (Å²) in [5.41, 5.74) is 2.27. The summed E-state index contributed by atoms with van der Waals surface area (Å²) in [5, 5.41) is 6.29. The molecule has 0 saturated carbocycles. The molecule has 5 nitrogen and oxygen atoms in total. The minimum atomic E-state index is -0.459. The third-order valence-electron chi connectivity index (χ3n) is 3.44. The van der Waals surface area contributed by atoms with Crippen molar-refractivity contribution in [2.24, 2.45) is 0 Å². The van der Waals surface area contributed by atoms with Crippen molar-refractivity contribution < 1.29 is 9.18 Å². The lowest BCUT2D eigenvalue weighted by Gasteiger charge is -2.10. The first-order chi connectivity index (χ1) is 12.0. The highest BCUT2D eigenvalue weighted by atomic mass is 35.5. The van der Waals surface area contributed by atoms with Crippen molar-refractivity contribution in [3.8, 4) is 0 Å². The lowest BCUT2D eigenvalue weighted by Crippen LogP contribution is -2.14. The number of nitrogens with zero attached hydrogens (tertiary/aromatic N) is 2. The van der Waals surface area contributed by atoms with Crippen LogP contribution >= 0.6 is 11.6 Å². The van der Waals surface area contributed by atoms with Crippen LogP contribution in [0.2, 0.25) is 5.02 Å². The van der Waals surface area contributed by atoms with Crippen molar-refractivity contribution in [1.29, 1.82) is 0 Å². The fourth-order valence-corrected chi connectivity index (χ4v) is 2.35. The maximum absolute atomic E-state index is 13.2. The monoisotopic (exact) mass is 356 g/mol. The fourth-order valence-electron chi connectivity index (χ4n) is 2.18. The van der Waals surface area contributed by atoms with E-state index in [1.165, 1.54) is 30.6 Å². The van der Waals surface area contributed by atoms with E-state index < -0.39 is 11.7 Å². The summed E-state index contributed by atoms with van der Waals surface area (Å²) in [5.74, 6) is -0.442. The first kappa shape index (κ1) is 16.9. The summed E-state index contributed by atoms with van der Waals surface area (Å²) in [4.78, 5) is 20.3. The predicted molar refractivity (Wildman–Crippen MR) is 95.9 cm³/mol. The van der Waals surface area contributed by atoms with Gasteiger partial charge in [0.05, 0.1) is 0 Å². The topological polar surface area (TPSA) is 66.9 Å². The number of benzene rings is 2. The number of halogens is 2. The second kappa shape index (κ2) is 7.27. The van der Waals surface area contributed by atoms with Crippen LogP contribution in [-0.2, 0) is 0 Å². The quantitative estimate of drug-likeness (QED) is 0.718. The third-order valence-corrected chi connectivity index (χ3v) is 3.68. The lowest BCUT2D eigenvalue weighted by molar-refractivity contribution is 0.102. The number of carbonyl (C=O) groups excluding carboxylic acids is 1. The van der Waals surface area contributed by atoms with Gasteiger partial charge in [-0.15, -0.1) is 0 Å². The minimum Gasteiger partial charge on any atom is -0.340 e. The predicted octanol–water partition coefficient (Wildman–Crippen LogP) is 4.57. The Morgan fingerprint density at radius 2 is 1.96 bits per heavy atom. The second-order valence-electron chi connectivity index (χ2n) is 5.34. The van der Waals surface area contributed by atoms with Crippen molar-refractivity contribution in [2.75, 3.05) is 10.6 Å². The molecule has 3 rings (SSSR count). The van der Waals surface area contributed by atoms with Crippen molar-refractivity contribution in [3.63, 3.8) is 0 Å². The van der Waals surface area contributed by atoms with Crippen LogP contribution in [0.4, 0.5) is 21.6 Å². The SMILES string of the molecule is Cc1ccc(Cl)cc1Nc1cc(C(=O)Nc2cccc(F)c2)ncn1. The van der Waals surface area contributed by atoms with Gasteiger partial charge in [0, 0.05) is 22.5 Å². The first-order valence-corrected chi connectivity index (χ1v) is 7.81. The van der Waals surface area contributed by atoms with Gasteiger partial charge in [-0.3, -0.25) is 4.79 Å². The van der Waals surface area contributed by atoms with Crippen LogP contribution in [0.3, 0.4) is 0 Å². The highest BCUT2D eigenvalue weighted by molar-refractivity contribution is 6.30. The van der Waals surface area contributed by atoms with Crippen molar-refractivity contribution in [2.45, 2.75) is 6.92 Å². The Bertz CT molecular complexity index is 932. The number of carbonyl (C=O) groups is 1. The van der Waals surface area contributed by atoms with E-state index in [9.17, 15) is 9.18 Å². The van der Waals surface area contributed by atoms with Gasteiger partial charge < -0.3 is 10.6 Å². The van der Waals surface area contributed by atoms with Gasteiger partial charge in [0.2, 0.25) is 0 Å². The van der Waals surface area contributed by atoms with Crippen molar-refractivity contribution in [3.05, 3.63) is 77.0 Å². The van der Waals surface area contributed by atoms with Crippen LogP contribution in [0.25, 0.3) is 0 Å². The standard InChI is InChI=1S/C18H14ClFN4O/c1-11-5-6-12(19)7-15(11)24-17-9-16(21-10-22-17)18(25)23-14-4-2-3-13(20)8-14/h2-10H,1H3,(H,23,25)(H,21,22,24). The van der Waals surface area contributed by atoms with Crippen molar-refractivity contribution >= 4 is 34.7 Å². The molecule has 0 aliphatic heterocycles. The molecule has 0 aliphatic carbocycles. The molecule has 1 amide bonds. The summed E-state index contributed by atoms with van der Waals surface area (Å²) < 4.78 is 13.2. The summed E-state index contributed by atoms with van der Waals surface area (Å²) in [6.45, 7) is 1.93. The Morgan fingerprint density at radius 3 is 2.76 bits per heavy atom. The highest BCUT2D eigenvalue weighted by Crippen LogP contribution is 2.23. The van der Waals surface area contributed by atoms with E-state index in [-0.39, 0.29) is 5.69 Å². The molecule has 2 aromatic carbocycles. The molecule has 0 atom stereocenters. The third kappa shape index (κ3) is 4.30. The Kier molecular flexibility index (Phi) is 4.90. The molecular formula is C18H14ClFN4O. The largest absolute Gasteiger partial charge is 0.340 e. The Hall–Kier alpha value is -2.99. The van der Waals surface area contributed by atoms with Gasteiger partial charge in [0.25, 0.3) is 5.91 Å². The smallest absolute Gasteiger partial charge is 0.274 e. The molecule has 7 heteroatoms.